The standard InChI is InChI=1S/C15H19NO2/c17-14-5-7-16-10-13(14)3-1-11-2-4-15-12(9-11)6-8-18-15/h2,4,9,13,16H,1,3,5-8,10H2. The number of ketones is 1. The molecule has 18 heavy (non-hydrogen) atoms. The summed E-state index contributed by atoms with van der Waals surface area (Å²) < 4.78 is 5.50. The predicted octanol–water partition coefficient (Wildman–Crippen LogP) is 1.73. The quantitative estimate of drug-likeness (QED) is 0.881. The van der Waals surface area contributed by atoms with Crippen LogP contribution >= 0.6 is 0 Å². The van der Waals surface area contributed by atoms with E-state index in [9.17, 15) is 4.79 Å². The van der Waals surface area contributed by atoms with Crippen LogP contribution in [-0.4, -0.2) is 25.5 Å². The number of benzene rings is 1. The second-order valence-electron chi connectivity index (χ2n) is 5.20. The van der Waals surface area contributed by atoms with Crippen molar-refractivity contribution in [3.05, 3.63) is 29.3 Å². The van der Waals surface area contributed by atoms with Gasteiger partial charge in [-0.1, -0.05) is 12.1 Å². The number of nitrogens with one attached hydrogen (secondary N) is 1. The minimum absolute atomic E-state index is 0.211. The number of rotatable bonds is 3. The summed E-state index contributed by atoms with van der Waals surface area (Å²) in [6.07, 6.45) is 3.67. The molecule has 96 valence electrons. The van der Waals surface area contributed by atoms with Gasteiger partial charge >= 0.3 is 0 Å². The van der Waals surface area contributed by atoms with Crippen LogP contribution in [0.1, 0.15) is 24.0 Å². The topological polar surface area (TPSA) is 38.3 Å². The van der Waals surface area contributed by atoms with Crippen LogP contribution < -0.4 is 10.1 Å². The van der Waals surface area contributed by atoms with Gasteiger partial charge in [0, 0.05) is 31.8 Å². The number of fused-ring (bicyclic) bond motifs is 1. The Morgan fingerprint density at radius 2 is 2.28 bits per heavy atom. The van der Waals surface area contributed by atoms with E-state index in [1.807, 2.05) is 0 Å². The number of Topliss-reactive ketones (excluding diaryl/α,β-unsaturated/α-hetero) is 1. The lowest BCUT2D eigenvalue weighted by Gasteiger charge is -2.21. The van der Waals surface area contributed by atoms with Crippen LogP contribution in [0.15, 0.2) is 18.2 Å². The molecular formula is C15H19NO2. The van der Waals surface area contributed by atoms with Crippen LogP contribution in [0.25, 0.3) is 0 Å². The molecule has 0 aliphatic carbocycles. The van der Waals surface area contributed by atoms with Crippen LogP contribution in [0.5, 0.6) is 5.75 Å². The first-order valence-electron chi connectivity index (χ1n) is 6.81. The third-order valence-electron chi connectivity index (χ3n) is 3.93. The number of aryl methyl sites for hydroxylation is 1. The Hall–Kier alpha value is -1.35. The largest absolute Gasteiger partial charge is 0.493 e. The summed E-state index contributed by atoms with van der Waals surface area (Å²) in [4.78, 5) is 11.7. The van der Waals surface area contributed by atoms with Crippen molar-refractivity contribution < 1.29 is 9.53 Å². The first-order valence-corrected chi connectivity index (χ1v) is 6.81. The molecule has 2 aliphatic rings. The molecule has 3 heteroatoms. The van der Waals surface area contributed by atoms with Crippen LogP contribution in [-0.2, 0) is 17.6 Å². The molecule has 3 rings (SSSR count). The molecule has 1 aromatic rings. The molecule has 1 N–H and O–H groups in total. The van der Waals surface area contributed by atoms with E-state index in [2.05, 4.69) is 23.5 Å². The predicted molar refractivity (Wildman–Crippen MR) is 69.9 cm³/mol. The molecule has 1 atom stereocenters. The highest BCUT2D eigenvalue weighted by Gasteiger charge is 2.21. The van der Waals surface area contributed by atoms with Gasteiger partial charge in [-0.05, 0) is 30.0 Å². The number of piperidine rings is 1. The third-order valence-corrected chi connectivity index (χ3v) is 3.93. The molecule has 0 aromatic heterocycles. The first-order chi connectivity index (χ1) is 8.83. The normalized spacial score (nSPS) is 22.7. The van der Waals surface area contributed by atoms with Crippen molar-refractivity contribution >= 4 is 5.78 Å². The summed E-state index contributed by atoms with van der Waals surface area (Å²) >= 11 is 0. The molecule has 1 fully saturated rings. The lowest BCUT2D eigenvalue weighted by molar-refractivity contribution is -0.124. The van der Waals surface area contributed by atoms with Gasteiger partial charge in [0.05, 0.1) is 6.61 Å². The number of carbonyl (C=O) groups excluding carboxylic acids is 1. The molecule has 0 spiro atoms. The Labute approximate surface area is 108 Å². The fraction of sp³-hybridized carbons (Fsp3) is 0.533. The molecule has 0 saturated carbocycles. The van der Waals surface area contributed by atoms with Gasteiger partial charge in [0.1, 0.15) is 11.5 Å². The van der Waals surface area contributed by atoms with Gasteiger partial charge in [0.2, 0.25) is 0 Å². The third kappa shape index (κ3) is 2.41. The highest BCUT2D eigenvalue weighted by Crippen LogP contribution is 2.26. The lowest BCUT2D eigenvalue weighted by Crippen LogP contribution is -2.37. The van der Waals surface area contributed by atoms with Gasteiger partial charge in [-0.3, -0.25) is 4.79 Å². The van der Waals surface area contributed by atoms with Gasteiger partial charge in [0.25, 0.3) is 0 Å². The number of hydrogen-bond donors (Lipinski definition) is 1. The Morgan fingerprint density at radius 3 is 3.17 bits per heavy atom. The molecule has 0 amide bonds. The zero-order valence-corrected chi connectivity index (χ0v) is 10.6. The van der Waals surface area contributed by atoms with E-state index in [0.717, 1.165) is 44.7 Å². The molecule has 2 aliphatic heterocycles. The van der Waals surface area contributed by atoms with Crippen LogP contribution in [0.4, 0.5) is 0 Å². The summed E-state index contributed by atoms with van der Waals surface area (Å²) in [7, 11) is 0. The van der Waals surface area contributed by atoms with Crippen molar-refractivity contribution in [1.29, 1.82) is 0 Å². The monoisotopic (exact) mass is 245 g/mol. The average Bonchev–Trinajstić information content (AvgIpc) is 2.85. The summed E-state index contributed by atoms with van der Waals surface area (Å²) in [5.74, 6) is 1.68. The molecule has 0 radical (unpaired) electrons. The Kier molecular flexibility index (Phi) is 3.33. The van der Waals surface area contributed by atoms with Gasteiger partial charge in [-0.15, -0.1) is 0 Å². The molecule has 1 saturated heterocycles. The zero-order valence-electron chi connectivity index (χ0n) is 10.6. The second-order valence-corrected chi connectivity index (χ2v) is 5.20. The van der Waals surface area contributed by atoms with Crippen molar-refractivity contribution in [2.45, 2.75) is 25.7 Å². The molecule has 1 unspecified atom stereocenters. The minimum Gasteiger partial charge on any atom is -0.493 e. The molecule has 2 heterocycles. The van der Waals surface area contributed by atoms with Crippen LogP contribution in [0.2, 0.25) is 0 Å². The molecule has 1 aromatic carbocycles. The summed E-state index contributed by atoms with van der Waals surface area (Å²) in [6.45, 7) is 2.52. The molecular weight excluding hydrogens is 226 g/mol. The smallest absolute Gasteiger partial charge is 0.138 e. The first kappa shape index (κ1) is 11.7. The van der Waals surface area contributed by atoms with Crippen molar-refractivity contribution in [3.8, 4) is 5.75 Å². The van der Waals surface area contributed by atoms with Crippen molar-refractivity contribution in [2.24, 2.45) is 5.92 Å². The SMILES string of the molecule is O=C1CCNCC1CCc1ccc2c(c1)CCO2. The molecule has 3 nitrogen and oxygen atoms in total. The van der Waals surface area contributed by atoms with Crippen LogP contribution in [0.3, 0.4) is 0 Å². The van der Waals surface area contributed by atoms with Gasteiger partial charge in [0.15, 0.2) is 0 Å². The van der Waals surface area contributed by atoms with E-state index >= 15 is 0 Å². The fourth-order valence-corrected chi connectivity index (χ4v) is 2.81. The maximum atomic E-state index is 11.7. The fourth-order valence-electron chi connectivity index (χ4n) is 2.81. The van der Waals surface area contributed by atoms with Crippen LogP contribution in [0, 0.1) is 5.92 Å². The highest BCUT2D eigenvalue weighted by molar-refractivity contribution is 5.82. The van der Waals surface area contributed by atoms with E-state index in [1.54, 1.807) is 0 Å². The second kappa shape index (κ2) is 5.11. The highest BCUT2D eigenvalue weighted by atomic mass is 16.5. The van der Waals surface area contributed by atoms with Gasteiger partial charge < -0.3 is 10.1 Å². The Bertz CT molecular complexity index is 456. The average molecular weight is 245 g/mol. The van der Waals surface area contributed by atoms with E-state index in [0.29, 0.717) is 12.2 Å². The van der Waals surface area contributed by atoms with E-state index in [-0.39, 0.29) is 5.92 Å². The summed E-state index contributed by atoms with van der Waals surface area (Å²) in [5.41, 5.74) is 2.65. The number of carbonyl (C=O) groups is 1. The maximum Gasteiger partial charge on any atom is 0.138 e. The number of hydrogen-bond acceptors (Lipinski definition) is 3. The zero-order chi connectivity index (χ0) is 12.4. The Balaban J connectivity index is 1.61. The van der Waals surface area contributed by atoms with Crippen molar-refractivity contribution in [1.82, 2.24) is 5.32 Å². The number of ether oxygens (including phenoxy) is 1. The maximum absolute atomic E-state index is 11.7. The van der Waals surface area contributed by atoms with Crippen molar-refractivity contribution in [2.75, 3.05) is 19.7 Å². The molecule has 0 bridgehead atoms. The van der Waals surface area contributed by atoms with Gasteiger partial charge in [-0.25, -0.2) is 0 Å². The van der Waals surface area contributed by atoms with E-state index in [1.165, 1.54) is 11.1 Å². The lowest BCUT2D eigenvalue weighted by atomic mass is 9.91. The summed E-state index contributed by atoms with van der Waals surface area (Å²) in [5, 5.41) is 3.30. The minimum atomic E-state index is 0.211. The summed E-state index contributed by atoms with van der Waals surface area (Å²) in [6, 6.07) is 6.44. The van der Waals surface area contributed by atoms with Crippen molar-refractivity contribution in [3.63, 3.8) is 0 Å². The van der Waals surface area contributed by atoms with E-state index < -0.39 is 0 Å². The Morgan fingerprint density at radius 1 is 1.33 bits per heavy atom. The van der Waals surface area contributed by atoms with Gasteiger partial charge in [-0.2, -0.15) is 0 Å². The van der Waals surface area contributed by atoms with E-state index in [4.69, 9.17) is 4.74 Å².